The normalized spacial score (nSPS) is 27.8. The van der Waals surface area contributed by atoms with Crippen LogP contribution in [0.4, 0.5) is 0 Å². The zero-order valence-electron chi connectivity index (χ0n) is 20.6. The Morgan fingerprint density at radius 2 is 0.886 bits per heavy atom. The molecule has 188 valence electrons. The maximum absolute atomic E-state index is 7.24. The Bertz CT molecular complexity index is 838. The summed E-state index contributed by atoms with van der Waals surface area (Å²) in [5, 5.41) is 0. The van der Waals surface area contributed by atoms with E-state index in [-0.39, 0.29) is 23.8 Å². The summed E-state index contributed by atoms with van der Waals surface area (Å²) in [5.41, 5.74) is 2.55. The van der Waals surface area contributed by atoms with Gasteiger partial charge in [-0.25, -0.2) is 0 Å². The second-order valence-corrected chi connectivity index (χ2v) is 10.7. The third-order valence-electron chi connectivity index (χ3n) is 8.62. The van der Waals surface area contributed by atoms with Crippen LogP contribution >= 0.6 is 0 Å². The van der Waals surface area contributed by atoms with E-state index in [1.807, 2.05) is 0 Å². The molecule has 35 heavy (non-hydrogen) atoms. The molecule has 0 aromatic heterocycles. The van der Waals surface area contributed by atoms with Crippen LogP contribution in [0.15, 0.2) is 60.7 Å². The molecule has 2 aliphatic carbocycles. The zero-order valence-corrected chi connectivity index (χ0v) is 20.6. The molecule has 6 rings (SSSR count). The fourth-order valence-corrected chi connectivity index (χ4v) is 6.70. The highest BCUT2D eigenvalue weighted by molar-refractivity contribution is 5.22. The molecule has 0 N–H and O–H groups in total. The molecule has 2 aliphatic heterocycles. The van der Waals surface area contributed by atoms with E-state index in [2.05, 4.69) is 60.7 Å². The largest absolute Gasteiger partial charge is 0.365 e. The van der Waals surface area contributed by atoms with Gasteiger partial charge in [-0.15, -0.1) is 0 Å². The van der Waals surface area contributed by atoms with Gasteiger partial charge in [0.25, 0.3) is 0 Å². The van der Waals surface area contributed by atoms with Crippen LogP contribution in [0.1, 0.15) is 74.7 Å². The highest BCUT2D eigenvalue weighted by Gasteiger charge is 2.45. The van der Waals surface area contributed by atoms with Crippen LogP contribution in [0, 0.1) is 11.8 Å². The van der Waals surface area contributed by atoms with Crippen molar-refractivity contribution in [3.8, 4) is 0 Å². The lowest BCUT2D eigenvalue weighted by Crippen LogP contribution is -2.38. The van der Waals surface area contributed by atoms with Crippen LogP contribution in [-0.4, -0.2) is 38.0 Å². The third kappa shape index (κ3) is 5.07. The van der Waals surface area contributed by atoms with Crippen LogP contribution in [-0.2, 0) is 23.7 Å². The third-order valence-corrected chi connectivity index (χ3v) is 8.62. The van der Waals surface area contributed by atoms with E-state index in [1.165, 1.54) is 11.1 Å². The maximum Gasteiger partial charge on any atom is 0.168 e. The SMILES string of the molecule is c1ccc(C(OC(c2ccccc2)C2CCC3(CC2)OCCO3)C2CCC3(CC2)OCCO3)cc1. The Kier molecular flexibility index (Phi) is 6.96. The molecule has 2 heterocycles. The molecule has 0 radical (unpaired) electrons. The zero-order chi connectivity index (χ0) is 23.6. The van der Waals surface area contributed by atoms with E-state index in [4.69, 9.17) is 23.7 Å². The minimum absolute atomic E-state index is 0.0510. The molecule has 2 aromatic carbocycles. The predicted octanol–water partition coefficient (Wildman–Crippen LogP) is 6.35. The Hall–Kier alpha value is -1.76. The summed E-state index contributed by atoms with van der Waals surface area (Å²) in [6.07, 6.45) is 8.09. The molecule has 2 atom stereocenters. The minimum Gasteiger partial charge on any atom is -0.365 e. The number of ether oxygens (including phenoxy) is 5. The topological polar surface area (TPSA) is 46.2 Å². The molecule has 0 amide bonds. The quantitative estimate of drug-likeness (QED) is 0.484. The summed E-state index contributed by atoms with van der Waals surface area (Å²) in [5.74, 6) is 0.183. The highest BCUT2D eigenvalue weighted by atomic mass is 16.7. The van der Waals surface area contributed by atoms with Gasteiger partial charge in [-0.05, 0) is 48.6 Å². The van der Waals surface area contributed by atoms with Crippen LogP contribution < -0.4 is 0 Å². The van der Waals surface area contributed by atoms with Gasteiger partial charge in [0.2, 0.25) is 0 Å². The first kappa shape index (κ1) is 23.6. The monoisotopic (exact) mass is 478 g/mol. The van der Waals surface area contributed by atoms with Gasteiger partial charge in [-0.3, -0.25) is 0 Å². The van der Waals surface area contributed by atoms with E-state index in [0.29, 0.717) is 11.8 Å². The van der Waals surface area contributed by atoms with Gasteiger partial charge in [0.05, 0.1) is 38.6 Å². The van der Waals surface area contributed by atoms with Crippen molar-refractivity contribution >= 4 is 0 Å². The minimum atomic E-state index is -0.352. The first-order valence-electron chi connectivity index (χ1n) is 13.6. The van der Waals surface area contributed by atoms with Crippen LogP contribution in [0.5, 0.6) is 0 Å². The van der Waals surface area contributed by atoms with Gasteiger partial charge in [0.15, 0.2) is 11.6 Å². The Morgan fingerprint density at radius 1 is 0.543 bits per heavy atom. The summed E-state index contributed by atoms with van der Waals surface area (Å²) >= 11 is 0. The smallest absolute Gasteiger partial charge is 0.168 e. The lowest BCUT2D eigenvalue weighted by molar-refractivity contribution is -0.200. The summed E-state index contributed by atoms with van der Waals surface area (Å²) in [7, 11) is 0. The molecule has 2 spiro atoms. The van der Waals surface area contributed by atoms with Gasteiger partial charge in [-0.2, -0.15) is 0 Å². The van der Waals surface area contributed by atoms with Crippen molar-refractivity contribution in [3.63, 3.8) is 0 Å². The average molecular weight is 479 g/mol. The van der Waals surface area contributed by atoms with E-state index in [0.717, 1.165) is 77.8 Å². The van der Waals surface area contributed by atoms with Gasteiger partial charge in [0, 0.05) is 25.7 Å². The van der Waals surface area contributed by atoms with Gasteiger partial charge < -0.3 is 23.7 Å². The molecule has 2 unspecified atom stereocenters. The van der Waals surface area contributed by atoms with Crippen molar-refractivity contribution in [3.05, 3.63) is 71.8 Å². The molecule has 2 aromatic rings. The van der Waals surface area contributed by atoms with Crippen molar-refractivity contribution in [2.24, 2.45) is 11.8 Å². The first-order chi connectivity index (χ1) is 17.2. The van der Waals surface area contributed by atoms with Crippen LogP contribution in [0.3, 0.4) is 0 Å². The van der Waals surface area contributed by atoms with Gasteiger partial charge >= 0.3 is 0 Å². The number of benzene rings is 2. The number of hydrogen-bond donors (Lipinski definition) is 0. The second kappa shape index (κ2) is 10.3. The Labute approximate surface area is 209 Å². The summed E-state index contributed by atoms with van der Waals surface area (Å²) in [6.45, 7) is 2.87. The van der Waals surface area contributed by atoms with Crippen LogP contribution in [0.2, 0.25) is 0 Å². The van der Waals surface area contributed by atoms with Crippen LogP contribution in [0.25, 0.3) is 0 Å². The number of rotatable bonds is 6. The molecular formula is C30H38O5. The average Bonchev–Trinajstić information content (AvgIpc) is 3.57. The first-order valence-corrected chi connectivity index (χ1v) is 13.6. The second-order valence-electron chi connectivity index (χ2n) is 10.7. The molecule has 2 saturated heterocycles. The molecule has 5 heteroatoms. The fourth-order valence-electron chi connectivity index (χ4n) is 6.70. The lowest BCUT2D eigenvalue weighted by atomic mass is 9.78. The Balaban J connectivity index is 1.24. The van der Waals surface area contributed by atoms with E-state index >= 15 is 0 Å². The maximum atomic E-state index is 7.24. The van der Waals surface area contributed by atoms with Gasteiger partial charge in [0.1, 0.15) is 0 Å². The van der Waals surface area contributed by atoms with Crippen molar-refractivity contribution in [2.75, 3.05) is 26.4 Å². The molecule has 5 nitrogen and oxygen atoms in total. The van der Waals surface area contributed by atoms with Crippen molar-refractivity contribution in [1.82, 2.24) is 0 Å². The highest BCUT2D eigenvalue weighted by Crippen LogP contribution is 2.49. The van der Waals surface area contributed by atoms with Crippen molar-refractivity contribution in [1.29, 1.82) is 0 Å². The standard InChI is InChI=1S/C30H38O5/c1-3-7-23(8-4-1)27(25-11-15-29(16-12-25)31-19-20-32-29)35-28(24-9-5-2-6-10-24)26-13-17-30(18-14-26)33-21-22-34-30/h1-10,25-28H,11-22H2. The van der Waals surface area contributed by atoms with E-state index in [1.54, 1.807) is 0 Å². The molecule has 2 saturated carbocycles. The molecular weight excluding hydrogens is 440 g/mol. The summed E-state index contributed by atoms with van der Waals surface area (Å²) in [6, 6.07) is 21.6. The van der Waals surface area contributed by atoms with Crippen molar-refractivity contribution < 1.29 is 23.7 Å². The number of hydrogen-bond acceptors (Lipinski definition) is 5. The van der Waals surface area contributed by atoms with Gasteiger partial charge in [-0.1, -0.05) is 60.7 Å². The fraction of sp³-hybridized carbons (Fsp3) is 0.600. The summed E-state index contributed by atoms with van der Waals surface area (Å²) < 4.78 is 31.3. The molecule has 0 bridgehead atoms. The predicted molar refractivity (Wildman–Crippen MR) is 133 cm³/mol. The summed E-state index contributed by atoms with van der Waals surface area (Å²) in [4.78, 5) is 0. The molecule has 4 fully saturated rings. The lowest BCUT2D eigenvalue weighted by Gasteiger charge is -2.42. The van der Waals surface area contributed by atoms with E-state index < -0.39 is 0 Å². The molecule has 4 aliphatic rings. The Morgan fingerprint density at radius 3 is 1.23 bits per heavy atom. The van der Waals surface area contributed by atoms with E-state index in [9.17, 15) is 0 Å². The van der Waals surface area contributed by atoms with Crippen molar-refractivity contribution in [2.45, 2.75) is 75.1 Å².